The molecule has 146 valence electrons. The van der Waals surface area contributed by atoms with Crippen LogP contribution in [0.1, 0.15) is 30.8 Å². The molecular weight excluding hydrogens is 352 g/mol. The summed E-state index contributed by atoms with van der Waals surface area (Å²) in [7, 11) is 0. The molecule has 1 aromatic heterocycles. The summed E-state index contributed by atoms with van der Waals surface area (Å²) in [4.78, 5) is 4.60. The van der Waals surface area contributed by atoms with Crippen molar-refractivity contribution in [1.29, 1.82) is 0 Å². The van der Waals surface area contributed by atoms with Crippen molar-refractivity contribution in [2.45, 2.75) is 26.0 Å². The first-order valence-corrected chi connectivity index (χ1v) is 9.47. The zero-order valence-electron chi connectivity index (χ0n) is 16.0. The first-order valence-electron chi connectivity index (χ1n) is 9.47. The molecule has 0 aliphatic carbocycles. The maximum Gasteiger partial charge on any atom is 0.191 e. The number of aliphatic hydroxyl groups is 1. The lowest BCUT2D eigenvalue weighted by atomic mass is 10.1. The number of nitrogens with one attached hydrogen (secondary N) is 2. The number of benzene rings is 2. The lowest BCUT2D eigenvalue weighted by Gasteiger charge is -2.14. The number of hydrogen-bond acceptors (Lipinski definition) is 4. The second kappa shape index (κ2) is 10.2. The highest BCUT2D eigenvalue weighted by Crippen LogP contribution is 2.15. The lowest BCUT2D eigenvalue weighted by Crippen LogP contribution is -2.38. The van der Waals surface area contributed by atoms with Crippen molar-refractivity contribution in [3.63, 3.8) is 0 Å². The number of guanidine groups is 1. The molecule has 0 saturated heterocycles. The SMILES string of the molecule is CCNC(=NCc1nncn1-c1ccccc1)NCCC(O)c1ccccc1. The summed E-state index contributed by atoms with van der Waals surface area (Å²) in [6.07, 6.45) is 1.78. The Bertz CT molecular complexity index is 863. The van der Waals surface area contributed by atoms with Gasteiger partial charge >= 0.3 is 0 Å². The molecule has 0 bridgehead atoms. The lowest BCUT2D eigenvalue weighted by molar-refractivity contribution is 0.168. The van der Waals surface area contributed by atoms with Crippen LogP contribution in [0.3, 0.4) is 0 Å². The highest BCUT2D eigenvalue weighted by atomic mass is 16.3. The van der Waals surface area contributed by atoms with Crippen LogP contribution in [0.4, 0.5) is 0 Å². The second-order valence-electron chi connectivity index (χ2n) is 6.29. The molecule has 1 atom stereocenters. The summed E-state index contributed by atoms with van der Waals surface area (Å²) in [5, 5.41) is 25.0. The van der Waals surface area contributed by atoms with Crippen LogP contribution in [0, 0.1) is 0 Å². The number of aromatic nitrogens is 3. The van der Waals surface area contributed by atoms with Crippen LogP contribution in [-0.4, -0.2) is 38.9 Å². The molecule has 0 amide bonds. The minimum absolute atomic E-state index is 0.394. The van der Waals surface area contributed by atoms with E-state index < -0.39 is 6.10 Å². The van der Waals surface area contributed by atoms with E-state index in [-0.39, 0.29) is 0 Å². The van der Waals surface area contributed by atoms with Gasteiger partial charge in [-0.25, -0.2) is 4.99 Å². The van der Waals surface area contributed by atoms with Crippen LogP contribution in [-0.2, 0) is 6.54 Å². The van der Waals surface area contributed by atoms with Gasteiger partial charge in [-0.15, -0.1) is 10.2 Å². The molecule has 3 rings (SSSR count). The molecule has 7 heteroatoms. The summed E-state index contributed by atoms with van der Waals surface area (Å²) < 4.78 is 1.92. The van der Waals surface area contributed by atoms with Crippen molar-refractivity contribution in [1.82, 2.24) is 25.4 Å². The van der Waals surface area contributed by atoms with E-state index in [1.165, 1.54) is 0 Å². The summed E-state index contributed by atoms with van der Waals surface area (Å²) in [5.41, 5.74) is 1.92. The Hall–Kier alpha value is -3.19. The molecule has 28 heavy (non-hydrogen) atoms. The number of para-hydroxylation sites is 1. The van der Waals surface area contributed by atoms with E-state index in [2.05, 4.69) is 25.8 Å². The van der Waals surface area contributed by atoms with Gasteiger partial charge < -0.3 is 15.7 Å². The van der Waals surface area contributed by atoms with Crippen molar-refractivity contribution in [3.8, 4) is 5.69 Å². The predicted molar refractivity (Wildman–Crippen MR) is 110 cm³/mol. The third-order valence-corrected chi connectivity index (χ3v) is 4.27. The number of aliphatic hydroxyl groups excluding tert-OH is 1. The Morgan fingerprint density at radius 2 is 1.79 bits per heavy atom. The molecule has 3 N–H and O–H groups in total. The molecule has 0 fully saturated rings. The topological polar surface area (TPSA) is 87.4 Å². The van der Waals surface area contributed by atoms with Crippen molar-refractivity contribution in [3.05, 3.63) is 78.4 Å². The number of hydrogen-bond donors (Lipinski definition) is 3. The van der Waals surface area contributed by atoms with Crippen molar-refractivity contribution >= 4 is 5.96 Å². The standard InChI is InChI=1S/C21H26N6O/c1-2-22-21(23-14-13-19(28)17-9-5-3-6-10-17)24-15-20-26-25-16-27(20)18-11-7-4-8-12-18/h3-12,16,19,28H,2,13-15H2,1H3,(H2,22,23,24). The van der Waals surface area contributed by atoms with E-state index in [1.54, 1.807) is 6.33 Å². The fourth-order valence-electron chi connectivity index (χ4n) is 2.83. The third-order valence-electron chi connectivity index (χ3n) is 4.27. The van der Waals surface area contributed by atoms with E-state index in [4.69, 9.17) is 0 Å². The number of aliphatic imine (C=N–C) groups is 1. The Kier molecular flexibility index (Phi) is 7.14. The van der Waals surface area contributed by atoms with Crippen LogP contribution < -0.4 is 10.6 Å². The Morgan fingerprint density at radius 1 is 1.07 bits per heavy atom. The normalized spacial score (nSPS) is 12.6. The Labute approximate surface area is 165 Å². The van der Waals surface area contributed by atoms with Gasteiger partial charge in [0.25, 0.3) is 0 Å². The average molecular weight is 378 g/mol. The van der Waals surface area contributed by atoms with Gasteiger partial charge in [-0.2, -0.15) is 0 Å². The molecule has 1 heterocycles. The summed E-state index contributed by atoms with van der Waals surface area (Å²) in [6.45, 7) is 3.76. The first-order chi connectivity index (χ1) is 13.8. The van der Waals surface area contributed by atoms with Gasteiger partial charge in [0.1, 0.15) is 12.9 Å². The maximum atomic E-state index is 10.3. The molecule has 1 unspecified atom stereocenters. The summed E-state index contributed by atoms with van der Waals surface area (Å²) >= 11 is 0. The maximum absolute atomic E-state index is 10.3. The van der Waals surface area contributed by atoms with Gasteiger partial charge in [0.15, 0.2) is 11.8 Å². The van der Waals surface area contributed by atoms with Gasteiger partial charge in [0.05, 0.1) is 6.10 Å². The molecule has 3 aromatic rings. The molecule has 0 aliphatic heterocycles. The molecule has 2 aromatic carbocycles. The van der Waals surface area contributed by atoms with Crippen molar-refractivity contribution in [2.24, 2.45) is 4.99 Å². The molecule has 0 spiro atoms. The van der Waals surface area contributed by atoms with Gasteiger partial charge in [0, 0.05) is 18.8 Å². The van der Waals surface area contributed by atoms with E-state index in [0.29, 0.717) is 25.5 Å². The van der Waals surface area contributed by atoms with Crippen LogP contribution in [0.25, 0.3) is 5.69 Å². The van der Waals surface area contributed by atoms with Crippen molar-refractivity contribution < 1.29 is 5.11 Å². The third kappa shape index (κ3) is 5.40. The highest BCUT2D eigenvalue weighted by Gasteiger charge is 2.08. The molecular formula is C21H26N6O. The van der Waals surface area contributed by atoms with Gasteiger partial charge in [0.2, 0.25) is 0 Å². The summed E-state index contributed by atoms with van der Waals surface area (Å²) in [6, 6.07) is 19.6. The highest BCUT2D eigenvalue weighted by molar-refractivity contribution is 5.79. The fraction of sp³-hybridized carbons (Fsp3) is 0.286. The van der Waals surface area contributed by atoms with Crippen LogP contribution in [0.5, 0.6) is 0 Å². The van der Waals surface area contributed by atoms with Crippen LogP contribution in [0.2, 0.25) is 0 Å². The number of nitrogens with zero attached hydrogens (tertiary/aromatic N) is 4. The van der Waals surface area contributed by atoms with Crippen molar-refractivity contribution in [2.75, 3.05) is 13.1 Å². The zero-order chi connectivity index (χ0) is 19.6. The molecule has 0 aliphatic rings. The molecule has 0 saturated carbocycles. The van der Waals surface area contributed by atoms with Crippen LogP contribution >= 0.6 is 0 Å². The van der Waals surface area contributed by atoms with Gasteiger partial charge in [-0.05, 0) is 31.0 Å². The van der Waals surface area contributed by atoms with Gasteiger partial charge in [-0.1, -0.05) is 48.5 Å². The average Bonchev–Trinajstić information content (AvgIpc) is 3.22. The van der Waals surface area contributed by atoms with E-state index in [1.807, 2.05) is 72.2 Å². The molecule has 7 nitrogen and oxygen atoms in total. The second-order valence-corrected chi connectivity index (χ2v) is 6.29. The fourth-order valence-corrected chi connectivity index (χ4v) is 2.83. The predicted octanol–water partition coefficient (Wildman–Crippen LogP) is 2.45. The van der Waals surface area contributed by atoms with E-state index in [9.17, 15) is 5.11 Å². The van der Waals surface area contributed by atoms with Crippen LogP contribution in [0.15, 0.2) is 72.0 Å². The molecule has 0 radical (unpaired) electrons. The van der Waals surface area contributed by atoms with E-state index in [0.717, 1.165) is 23.6 Å². The zero-order valence-corrected chi connectivity index (χ0v) is 16.0. The smallest absolute Gasteiger partial charge is 0.191 e. The minimum atomic E-state index is -0.502. The Morgan fingerprint density at radius 3 is 2.50 bits per heavy atom. The largest absolute Gasteiger partial charge is 0.388 e. The minimum Gasteiger partial charge on any atom is -0.388 e. The first kappa shape index (κ1) is 19.6. The summed E-state index contributed by atoms with van der Waals surface area (Å²) in [5.74, 6) is 1.44. The Balaban J connectivity index is 1.58. The quantitative estimate of drug-likeness (QED) is 0.414. The van der Waals surface area contributed by atoms with E-state index >= 15 is 0 Å². The monoisotopic (exact) mass is 378 g/mol. The number of rotatable bonds is 8. The van der Waals surface area contributed by atoms with Gasteiger partial charge in [-0.3, -0.25) is 4.57 Å².